The summed E-state index contributed by atoms with van der Waals surface area (Å²) < 4.78 is 0. The molecule has 0 aromatic carbocycles. The summed E-state index contributed by atoms with van der Waals surface area (Å²) in [5.41, 5.74) is 0.436. The lowest BCUT2D eigenvalue weighted by atomic mass is 9.74. The molecule has 1 amide bonds. The standard InChI is InChI=1S/C16H31N3O/c1-3-6-14(2)18-15(20)11-19-10-5-8-16(13-19)7-4-9-17-12-16/h14,17H,3-13H2,1-2H3,(H,18,20). The summed E-state index contributed by atoms with van der Waals surface area (Å²) in [5.74, 6) is 0.201. The first kappa shape index (κ1) is 15.8. The molecule has 0 radical (unpaired) electrons. The fourth-order valence-corrected chi connectivity index (χ4v) is 3.85. The van der Waals surface area contributed by atoms with E-state index in [1.807, 2.05) is 0 Å². The molecule has 2 unspecified atom stereocenters. The number of carbonyl (C=O) groups is 1. The van der Waals surface area contributed by atoms with Gasteiger partial charge >= 0.3 is 0 Å². The van der Waals surface area contributed by atoms with E-state index in [0.717, 1.165) is 39.0 Å². The Bertz CT molecular complexity index is 307. The Hall–Kier alpha value is -0.610. The Kier molecular flexibility index (Phi) is 5.85. The average molecular weight is 281 g/mol. The van der Waals surface area contributed by atoms with Gasteiger partial charge in [0.15, 0.2) is 0 Å². The van der Waals surface area contributed by atoms with Gasteiger partial charge in [-0.25, -0.2) is 0 Å². The molecular weight excluding hydrogens is 250 g/mol. The van der Waals surface area contributed by atoms with Crippen molar-refractivity contribution in [3.05, 3.63) is 0 Å². The van der Waals surface area contributed by atoms with Crippen molar-refractivity contribution >= 4 is 5.91 Å². The van der Waals surface area contributed by atoms with Crippen LogP contribution in [-0.4, -0.2) is 49.6 Å². The van der Waals surface area contributed by atoms with E-state index in [1.165, 1.54) is 25.7 Å². The van der Waals surface area contributed by atoms with Crippen LogP contribution in [0.4, 0.5) is 0 Å². The number of rotatable bonds is 5. The molecule has 1 spiro atoms. The molecule has 2 heterocycles. The van der Waals surface area contributed by atoms with E-state index in [2.05, 4.69) is 29.4 Å². The van der Waals surface area contributed by atoms with Crippen molar-refractivity contribution in [2.75, 3.05) is 32.7 Å². The van der Waals surface area contributed by atoms with Crippen molar-refractivity contribution in [1.29, 1.82) is 0 Å². The van der Waals surface area contributed by atoms with E-state index in [1.54, 1.807) is 0 Å². The lowest BCUT2D eigenvalue weighted by Crippen LogP contribution is -2.53. The summed E-state index contributed by atoms with van der Waals surface area (Å²) in [6.07, 6.45) is 7.36. The Morgan fingerprint density at radius 3 is 2.90 bits per heavy atom. The maximum atomic E-state index is 12.1. The molecule has 0 aliphatic carbocycles. The lowest BCUT2D eigenvalue weighted by molar-refractivity contribution is -0.123. The zero-order valence-electron chi connectivity index (χ0n) is 13.2. The van der Waals surface area contributed by atoms with Gasteiger partial charge in [-0.05, 0) is 57.5 Å². The van der Waals surface area contributed by atoms with Gasteiger partial charge in [-0.1, -0.05) is 13.3 Å². The molecule has 0 aromatic heterocycles. The predicted octanol–water partition coefficient (Wildman–Crippen LogP) is 1.76. The van der Waals surface area contributed by atoms with Crippen molar-refractivity contribution in [1.82, 2.24) is 15.5 Å². The van der Waals surface area contributed by atoms with E-state index in [4.69, 9.17) is 0 Å². The van der Waals surface area contributed by atoms with E-state index in [-0.39, 0.29) is 5.91 Å². The molecule has 2 aliphatic heterocycles. The Morgan fingerprint density at radius 2 is 2.20 bits per heavy atom. The number of hydrogen-bond acceptors (Lipinski definition) is 3. The number of nitrogens with one attached hydrogen (secondary N) is 2. The number of carbonyl (C=O) groups excluding carboxylic acids is 1. The molecule has 4 heteroatoms. The topological polar surface area (TPSA) is 44.4 Å². The number of likely N-dealkylation sites (tertiary alicyclic amines) is 1. The van der Waals surface area contributed by atoms with Gasteiger partial charge in [-0.2, -0.15) is 0 Å². The van der Waals surface area contributed by atoms with E-state index in [9.17, 15) is 4.79 Å². The first-order chi connectivity index (χ1) is 9.63. The molecule has 2 atom stereocenters. The molecule has 2 rings (SSSR count). The SMILES string of the molecule is CCCC(C)NC(=O)CN1CCCC2(CCCNC2)C1. The van der Waals surface area contributed by atoms with Gasteiger partial charge < -0.3 is 10.6 Å². The van der Waals surface area contributed by atoms with Gasteiger partial charge in [0.05, 0.1) is 6.54 Å². The summed E-state index contributed by atoms with van der Waals surface area (Å²) in [5, 5.41) is 6.66. The van der Waals surface area contributed by atoms with Crippen LogP contribution in [0.3, 0.4) is 0 Å². The Balaban J connectivity index is 1.79. The maximum absolute atomic E-state index is 12.1. The first-order valence-corrected chi connectivity index (χ1v) is 8.36. The highest BCUT2D eigenvalue weighted by atomic mass is 16.2. The molecule has 2 saturated heterocycles. The first-order valence-electron chi connectivity index (χ1n) is 8.36. The second-order valence-electron chi connectivity index (χ2n) is 6.85. The summed E-state index contributed by atoms with van der Waals surface area (Å²) in [6.45, 7) is 9.31. The summed E-state index contributed by atoms with van der Waals surface area (Å²) in [6, 6.07) is 0.308. The maximum Gasteiger partial charge on any atom is 0.234 e. The van der Waals surface area contributed by atoms with Crippen molar-refractivity contribution in [3.8, 4) is 0 Å². The van der Waals surface area contributed by atoms with Crippen LogP contribution >= 0.6 is 0 Å². The van der Waals surface area contributed by atoms with Gasteiger partial charge in [0.1, 0.15) is 0 Å². The van der Waals surface area contributed by atoms with E-state index < -0.39 is 0 Å². The molecule has 2 N–H and O–H groups in total. The largest absolute Gasteiger partial charge is 0.353 e. The van der Waals surface area contributed by atoms with E-state index >= 15 is 0 Å². The molecular formula is C16H31N3O. The third-order valence-corrected chi connectivity index (χ3v) is 4.80. The number of amides is 1. The minimum absolute atomic E-state index is 0.201. The van der Waals surface area contributed by atoms with E-state index in [0.29, 0.717) is 18.0 Å². The molecule has 0 saturated carbocycles. The van der Waals surface area contributed by atoms with Crippen molar-refractivity contribution < 1.29 is 4.79 Å². The summed E-state index contributed by atoms with van der Waals surface area (Å²) >= 11 is 0. The normalized spacial score (nSPS) is 29.3. The fourth-order valence-electron chi connectivity index (χ4n) is 3.85. The van der Waals surface area contributed by atoms with Gasteiger partial charge in [0.25, 0.3) is 0 Å². The zero-order valence-corrected chi connectivity index (χ0v) is 13.2. The molecule has 4 nitrogen and oxygen atoms in total. The van der Waals surface area contributed by atoms with Crippen molar-refractivity contribution in [3.63, 3.8) is 0 Å². The van der Waals surface area contributed by atoms with Crippen LogP contribution < -0.4 is 10.6 Å². The zero-order chi connectivity index (χ0) is 14.4. The van der Waals surface area contributed by atoms with Crippen LogP contribution in [0.2, 0.25) is 0 Å². The van der Waals surface area contributed by atoms with Gasteiger partial charge in [-0.15, -0.1) is 0 Å². The summed E-state index contributed by atoms with van der Waals surface area (Å²) in [7, 11) is 0. The Labute approximate surface area is 123 Å². The van der Waals surface area contributed by atoms with Crippen LogP contribution in [0.25, 0.3) is 0 Å². The second-order valence-corrected chi connectivity index (χ2v) is 6.85. The highest BCUT2D eigenvalue weighted by Crippen LogP contribution is 2.35. The second kappa shape index (κ2) is 7.41. The minimum Gasteiger partial charge on any atom is -0.353 e. The lowest BCUT2D eigenvalue weighted by Gasteiger charge is -2.45. The molecule has 0 aromatic rings. The Morgan fingerprint density at radius 1 is 1.40 bits per heavy atom. The average Bonchev–Trinajstić information content (AvgIpc) is 2.39. The van der Waals surface area contributed by atoms with Crippen LogP contribution in [0.1, 0.15) is 52.4 Å². The summed E-state index contributed by atoms with van der Waals surface area (Å²) in [4.78, 5) is 14.5. The molecule has 0 bridgehead atoms. The quantitative estimate of drug-likeness (QED) is 0.807. The molecule has 20 heavy (non-hydrogen) atoms. The van der Waals surface area contributed by atoms with Crippen molar-refractivity contribution in [2.24, 2.45) is 5.41 Å². The molecule has 116 valence electrons. The highest BCUT2D eigenvalue weighted by Gasteiger charge is 2.36. The predicted molar refractivity (Wildman–Crippen MR) is 82.7 cm³/mol. The minimum atomic E-state index is 0.201. The number of piperidine rings is 2. The third kappa shape index (κ3) is 4.45. The number of hydrogen-bond donors (Lipinski definition) is 2. The van der Waals surface area contributed by atoms with Crippen molar-refractivity contribution in [2.45, 2.75) is 58.4 Å². The smallest absolute Gasteiger partial charge is 0.234 e. The van der Waals surface area contributed by atoms with Crippen LogP contribution in [0, 0.1) is 5.41 Å². The monoisotopic (exact) mass is 281 g/mol. The van der Waals surface area contributed by atoms with Gasteiger partial charge in [-0.3, -0.25) is 9.69 Å². The van der Waals surface area contributed by atoms with Crippen LogP contribution in [0.5, 0.6) is 0 Å². The van der Waals surface area contributed by atoms with Gasteiger partial charge in [0.2, 0.25) is 5.91 Å². The van der Waals surface area contributed by atoms with Crippen LogP contribution in [-0.2, 0) is 4.79 Å². The number of nitrogens with zero attached hydrogens (tertiary/aromatic N) is 1. The highest BCUT2D eigenvalue weighted by molar-refractivity contribution is 5.78. The van der Waals surface area contributed by atoms with Gasteiger partial charge in [0, 0.05) is 19.1 Å². The molecule has 2 aliphatic rings. The molecule has 2 fully saturated rings. The van der Waals surface area contributed by atoms with Crippen LogP contribution in [0.15, 0.2) is 0 Å². The third-order valence-electron chi connectivity index (χ3n) is 4.80. The fraction of sp³-hybridized carbons (Fsp3) is 0.938.